The summed E-state index contributed by atoms with van der Waals surface area (Å²) in [5, 5.41) is 29.8. The van der Waals surface area contributed by atoms with E-state index in [2.05, 4.69) is 5.32 Å². The molecule has 0 radical (unpaired) electrons. The SMILES string of the molecule is O=C(O)C(F)(F)F.OC1CNCC(O)(Cc2ccc(F)cc2)C1. The molecule has 5 nitrogen and oxygen atoms in total. The van der Waals surface area contributed by atoms with Gasteiger partial charge in [-0.25, -0.2) is 9.18 Å². The van der Waals surface area contributed by atoms with Gasteiger partial charge in [0.15, 0.2) is 0 Å². The van der Waals surface area contributed by atoms with Crippen LogP contribution in [0, 0.1) is 5.82 Å². The maximum atomic E-state index is 12.7. The topological polar surface area (TPSA) is 89.8 Å². The molecule has 0 spiro atoms. The van der Waals surface area contributed by atoms with Crippen LogP contribution in [-0.2, 0) is 11.2 Å². The number of carbonyl (C=O) groups is 1. The molecule has 0 amide bonds. The summed E-state index contributed by atoms with van der Waals surface area (Å²) in [5.41, 5.74) is -0.0602. The Hall–Kier alpha value is -1.71. The van der Waals surface area contributed by atoms with Crippen LogP contribution in [0.5, 0.6) is 0 Å². The maximum absolute atomic E-state index is 12.7. The molecule has 4 N–H and O–H groups in total. The number of aliphatic hydroxyl groups excluding tert-OH is 1. The van der Waals surface area contributed by atoms with Gasteiger partial charge in [0, 0.05) is 25.9 Å². The van der Waals surface area contributed by atoms with Gasteiger partial charge in [0.25, 0.3) is 0 Å². The lowest BCUT2D eigenvalue weighted by Gasteiger charge is -2.35. The van der Waals surface area contributed by atoms with E-state index in [9.17, 15) is 27.8 Å². The Morgan fingerprint density at radius 1 is 1.30 bits per heavy atom. The lowest BCUT2D eigenvalue weighted by molar-refractivity contribution is -0.192. The number of β-amino-alcohol motifs (C(OH)–C–C–N with tert-alkyl or cyclic N) is 2. The Labute approximate surface area is 129 Å². The van der Waals surface area contributed by atoms with E-state index < -0.39 is 23.9 Å². The van der Waals surface area contributed by atoms with Crippen molar-refractivity contribution in [1.82, 2.24) is 5.32 Å². The lowest BCUT2D eigenvalue weighted by Crippen LogP contribution is -2.52. The Balaban J connectivity index is 0.000000322. The van der Waals surface area contributed by atoms with Crippen LogP contribution < -0.4 is 5.32 Å². The first kappa shape index (κ1) is 19.3. The van der Waals surface area contributed by atoms with Gasteiger partial charge in [-0.05, 0) is 17.7 Å². The summed E-state index contributed by atoms with van der Waals surface area (Å²) in [6, 6.07) is 6.08. The largest absolute Gasteiger partial charge is 0.490 e. The number of rotatable bonds is 2. The smallest absolute Gasteiger partial charge is 0.475 e. The van der Waals surface area contributed by atoms with Crippen LogP contribution in [-0.4, -0.2) is 52.3 Å². The molecule has 1 saturated heterocycles. The van der Waals surface area contributed by atoms with E-state index in [1.165, 1.54) is 12.1 Å². The molecule has 9 heteroatoms. The van der Waals surface area contributed by atoms with Gasteiger partial charge in [0.1, 0.15) is 5.82 Å². The fourth-order valence-electron chi connectivity index (χ4n) is 2.17. The minimum absolute atomic E-state index is 0.280. The fourth-order valence-corrected chi connectivity index (χ4v) is 2.17. The summed E-state index contributed by atoms with van der Waals surface area (Å²) in [4.78, 5) is 8.90. The van der Waals surface area contributed by atoms with Crippen molar-refractivity contribution in [3.63, 3.8) is 0 Å². The normalized spacial score (nSPS) is 24.5. The van der Waals surface area contributed by atoms with Crippen molar-refractivity contribution in [2.45, 2.75) is 30.7 Å². The first-order valence-electron chi connectivity index (χ1n) is 6.67. The van der Waals surface area contributed by atoms with E-state index in [-0.39, 0.29) is 5.82 Å². The monoisotopic (exact) mass is 339 g/mol. The molecule has 2 unspecified atom stereocenters. The van der Waals surface area contributed by atoms with E-state index in [0.29, 0.717) is 25.9 Å². The molecule has 2 rings (SSSR count). The van der Waals surface area contributed by atoms with Crippen LogP contribution >= 0.6 is 0 Å². The molecule has 0 bridgehead atoms. The Morgan fingerprint density at radius 2 is 1.83 bits per heavy atom. The van der Waals surface area contributed by atoms with Crippen LogP contribution in [0.2, 0.25) is 0 Å². The van der Waals surface area contributed by atoms with Crippen molar-refractivity contribution >= 4 is 5.97 Å². The van der Waals surface area contributed by atoms with Crippen molar-refractivity contribution in [1.29, 1.82) is 0 Å². The van der Waals surface area contributed by atoms with E-state index in [1.54, 1.807) is 12.1 Å². The van der Waals surface area contributed by atoms with Gasteiger partial charge in [0.2, 0.25) is 0 Å². The number of carboxylic acids is 1. The molecule has 130 valence electrons. The summed E-state index contributed by atoms with van der Waals surface area (Å²) < 4.78 is 44.4. The summed E-state index contributed by atoms with van der Waals surface area (Å²) in [6.07, 6.45) is -4.81. The molecule has 1 fully saturated rings. The van der Waals surface area contributed by atoms with Crippen molar-refractivity contribution < 1.29 is 37.7 Å². The van der Waals surface area contributed by atoms with Gasteiger partial charge in [0.05, 0.1) is 11.7 Å². The van der Waals surface area contributed by atoms with E-state index >= 15 is 0 Å². The minimum Gasteiger partial charge on any atom is -0.475 e. The summed E-state index contributed by atoms with van der Waals surface area (Å²) in [7, 11) is 0. The van der Waals surface area contributed by atoms with E-state index in [0.717, 1.165) is 5.56 Å². The standard InChI is InChI=1S/C12H16FNO2.C2HF3O2/c13-10-3-1-9(2-4-10)5-12(16)6-11(15)7-14-8-12;3-2(4,5)1(6)7/h1-4,11,14-16H,5-8H2;(H,6,7). The highest BCUT2D eigenvalue weighted by molar-refractivity contribution is 5.73. The number of aliphatic carboxylic acids is 1. The third kappa shape index (κ3) is 6.93. The molecule has 2 atom stereocenters. The molecule has 23 heavy (non-hydrogen) atoms. The van der Waals surface area contributed by atoms with Gasteiger partial charge in [-0.2, -0.15) is 13.2 Å². The predicted octanol–water partition coefficient (Wildman–Crippen LogP) is 1.09. The summed E-state index contributed by atoms with van der Waals surface area (Å²) in [6.45, 7) is 0.979. The van der Waals surface area contributed by atoms with E-state index in [4.69, 9.17) is 9.90 Å². The molecular formula is C14H17F4NO4. The highest BCUT2D eigenvalue weighted by Gasteiger charge is 2.38. The van der Waals surface area contributed by atoms with Crippen molar-refractivity contribution in [2.75, 3.05) is 13.1 Å². The number of alkyl halides is 3. The van der Waals surface area contributed by atoms with Crippen LogP contribution in [0.15, 0.2) is 24.3 Å². The second kappa shape index (κ2) is 7.71. The van der Waals surface area contributed by atoms with Crippen molar-refractivity contribution in [2.24, 2.45) is 0 Å². The van der Waals surface area contributed by atoms with Crippen molar-refractivity contribution in [3.05, 3.63) is 35.6 Å². The van der Waals surface area contributed by atoms with Crippen LogP contribution in [0.4, 0.5) is 17.6 Å². The molecule has 1 aromatic carbocycles. The first-order valence-corrected chi connectivity index (χ1v) is 6.67. The zero-order valence-corrected chi connectivity index (χ0v) is 12.0. The number of aliphatic hydroxyl groups is 2. The summed E-state index contributed by atoms with van der Waals surface area (Å²) >= 11 is 0. The van der Waals surface area contributed by atoms with Gasteiger partial charge < -0.3 is 20.6 Å². The molecule has 1 heterocycles. The minimum atomic E-state index is -5.08. The first-order chi connectivity index (χ1) is 10.5. The van der Waals surface area contributed by atoms with Crippen LogP contribution in [0.1, 0.15) is 12.0 Å². The number of halogens is 4. The highest BCUT2D eigenvalue weighted by Crippen LogP contribution is 2.21. The number of hydrogen-bond donors (Lipinski definition) is 4. The van der Waals surface area contributed by atoms with Gasteiger partial charge in [-0.1, -0.05) is 12.1 Å². The number of piperidine rings is 1. The van der Waals surface area contributed by atoms with E-state index in [1.807, 2.05) is 0 Å². The lowest BCUT2D eigenvalue weighted by atomic mass is 9.86. The third-order valence-electron chi connectivity index (χ3n) is 3.14. The van der Waals surface area contributed by atoms with Crippen LogP contribution in [0.25, 0.3) is 0 Å². The maximum Gasteiger partial charge on any atom is 0.490 e. The Bertz CT molecular complexity index is 521. The van der Waals surface area contributed by atoms with Crippen LogP contribution in [0.3, 0.4) is 0 Å². The fraction of sp³-hybridized carbons (Fsp3) is 0.500. The zero-order valence-electron chi connectivity index (χ0n) is 12.0. The number of nitrogens with one attached hydrogen (secondary N) is 1. The molecule has 0 saturated carbocycles. The highest BCUT2D eigenvalue weighted by atomic mass is 19.4. The van der Waals surface area contributed by atoms with Gasteiger partial charge >= 0.3 is 12.1 Å². The molecular weight excluding hydrogens is 322 g/mol. The molecule has 1 aromatic rings. The Kier molecular flexibility index (Phi) is 6.48. The van der Waals surface area contributed by atoms with Gasteiger partial charge in [-0.3, -0.25) is 0 Å². The zero-order chi connectivity index (χ0) is 17.7. The molecule has 1 aliphatic heterocycles. The third-order valence-corrected chi connectivity index (χ3v) is 3.14. The molecule has 1 aliphatic rings. The number of benzene rings is 1. The van der Waals surface area contributed by atoms with Gasteiger partial charge in [-0.15, -0.1) is 0 Å². The Morgan fingerprint density at radius 3 is 2.26 bits per heavy atom. The average molecular weight is 339 g/mol. The second-order valence-corrected chi connectivity index (χ2v) is 5.32. The predicted molar refractivity (Wildman–Crippen MR) is 72.2 cm³/mol. The second-order valence-electron chi connectivity index (χ2n) is 5.32. The van der Waals surface area contributed by atoms with Crippen molar-refractivity contribution in [3.8, 4) is 0 Å². The molecule has 0 aliphatic carbocycles. The quantitative estimate of drug-likeness (QED) is 0.606. The average Bonchev–Trinajstić information content (AvgIpc) is 2.40. The number of carboxylic acid groups (broad SMARTS) is 1. The summed E-state index contributed by atoms with van der Waals surface area (Å²) in [5.74, 6) is -3.04. The molecule has 0 aromatic heterocycles. The number of hydrogen-bond acceptors (Lipinski definition) is 4.